The van der Waals surface area contributed by atoms with E-state index in [4.69, 9.17) is 30.9 Å². The van der Waals surface area contributed by atoms with Gasteiger partial charge in [0.1, 0.15) is 23.1 Å². The molecule has 3 aromatic heterocycles. The number of nitrogens with zero attached hydrogens (tertiary/aromatic N) is 5. The van der Waals surface area contributed by atoms with Gasteiger partial charge in [0, 0.05) is 23.4 Å². The molecule has 39 heavy (non-hydrogen) atoms. The van der Waals surface area contributed by atoms with E-state index in [0.717, 1.165) is 18.9 Å². The number of pyridine rings is 2. The second-order valence-electron chi connectivity index (χ2n) is 8.83. The van der Waals surface area contributed by atoms with E-state index in [1.165, 1.54) is 25.4 Å². The van der Waals surface area contributed by atoms with Crippen molar-refractivity contribution in [1.29, 1.82) is 0 Å². The number of hydrogen-bond donors (Lipinski definition) is 3. The molecule has 0 atom stereocenters. The Balaban J connectivity index is 1.51. The molecule has 5 rings (SSSR count). The third-order valence-electron chi connectivity index (χ3n) is 5.90. The van der Waals surface area contributed by atoms with Crippen molar-refractivity contribution in [2.45, 2.75) is 32.1 Å². The number of anilines is 3. The minimum Gasteiger partial charge on any atom is -0.494 e. The molecule has 11 nitrogen and oxygen atoms in total. The molecule has 0 saturated heterocycles. The Kier molecular flexibility index (Phi) is 6.52. The average molecular weight is 556 g/mol. The quantitative estimate of drug-likeness (QED) is 0.244. The smallest absolute Gasteiger partial charge is 0.254 e. The fourth-order valence-corrected chi connectivity index (χ4v) is 4.17. The Bertz CT molecular complexity index is 1610. The summed E-state index contributed by atoms with van der Waals surface area (Å²) in [5, 5.41) is 9.76. The third-order valence-corrected chi connectivity index (χ3v) is 6.11. The number of hydrogen-bond acceptors (Lipinski definition) is 9. The molecule has 1 aliphatic rings. The third kappa shape index (κ3) is 6.07. The number of nitrogens with one attached hydrogen (secondary N) is 2. The normalized spacial score (nSPS) is 14.3. The van der Waals surface area contributed by atoms with Gasteiger partial charge in [0.05, 0.1) is 54.6 Å². The van der Waals surface area contributed by atoms with Crippen molar-refractivity contribution in [2.24, 2.45) is 0 Å². The lowest BCUT2D eigenvalue weighted by molar-refractivity contribution is 0.0963. The van der Waals surface area contributed by atoms with E-state index in [-0.39, 0.29) is 35.4 Å². The molecule has 0 radical (unpaired) electrons. The topological polar surface area (TPSA) is 142 Å². The van der Waals surface area contributed by atoms with E-state index in [1.54, 1.807) is 23.1 Å². The van der Waals surface area contributed by atoms with Gasteiger partial charge in [-0.25, -0.2) is 24.0 Å². The Morgan fingerprint density at radius 3 is 2.82 bits per heavy atom. The molecule has 1 aromatic carbocycles. The van der Waals surface area contributed by atoms with Gasteiger partial charge >= 0.3 is 0 Å². The number of aromatic nitrogens is 5. The summed E-state index contributed by atoms with van der Waals surface area (Å²) in [5.41, 5.74) is 7.63. The van der Waals surface area contributed by atoms with Crippen LogP contribution in [0, 0.1) is 5.82 Å². The number of halogens is 2. The molecule has 1 fully saturated rings. The molecule has 3 heterocycles. The van der Waals surface area contributed by atoms with Gasteiger partial charge in [-0.2, -0.15) is 5.10 Å². The summed E-state index contributed by atoms with van der Waals surface area (Å²) in [6.07, 6.45) is 4.86. The second-order valence-corrected chi connectivity index (χ2v) is 9.22. The number of methoxy groups -OCH3 is 1. The van der Waals surface area contributed by atoms with Crippen LogP contribution in [0.3, 0.4) is 0 Å². The highest BCUT2D eigenvalue weighted by molar-refractivity contribution is 6.29. The van der Waals surface area contributed by atoms with Crippen LogP contribution < -0.4 is 21.1 Å². The molecule has 0 unspecified atom stereocenters. The zero-order chi connectivity index (χ0) is 30.0. The highest BCUT2D eigenvalue weighted by atomic mass is 35.5. The van der Waals surface area contributed by atoms with E-state index < -0.39 is 18.7 Å². The van der Waals surface area contributed by atoms with Crippen LogP contribution in [0.2, 0.25) is 5.15 Å². The maximum atomic E-state index is 13.7. The number of nitrogens with two attached hydrogens (primary N) is 1. The highest BCUT2D eigenvalue weighted by Gasteiger charge is 2.26. The molecule has 0 spiro atoms. The lowest BCUT2D eigenvalue weighted by atomic mass is 10.1. The summed E-state index contributed by atoms with van der Waals surface area (Å²) in [5.74, 6) is -0.616. The number of ether oxygens (including phenoxy) is 2. The van der Waals surface area contributed by atoms with Gasteiger partial charge in [0.2, 0.25) is 0 Å². The number of nitrogen functional groups attached to an aromatic ring is 1. The first-order valence-electron chi connectivity index (χ1n) is 13.4. The van der Waals surface area contributed by atoms with Gasteiger partial charge in [0.25, 0.3) is 5.91 Å². The molecular weight excluding hydrogens is 527 g/mol. The Morgan fingerprint density at radius 1 is 1.23 bits per heavy atom. The number of benzene rings is 1. The van der Waals surface area contributed by atoms with E-state index in [2.05, 4.69) is 25.4 Å². The number of carbonyl (C=O) groups is 1. The van der Waals surface area contributed by atoms with Crippen LogP contribution >= 0.6 is 11.6 Å². The van der Waals surface area contributed by atoms with Crippen molar-refractivity contribution in [3.8, 4) is 17.1 Å². The zero-order valence-corrected chi connectivity index (χ0v) is 21.5. The van der Waals surface area contributed by atoms with Crippen LogP contribution in [-0.4, -0.2) is 44.7 Å². The Hall–Kier alpha value is -4.29. The lowest BCUT2D eigenvalue weighted by Gasteiger charge is -2.18. The van der Waals surface area contributed by atoms with Crippen LogP contribution in [0.25, 0.3) is 11.4 Å². The molecule has 202 valence electrons. The molecular formula is C26H26ClFN8O3. The standard InChI is InChI=1S/C26H26ClFN8O3/c1-30-26(37)19-10-31-22(27)9-20(19)34-21-6-14(11-39-12-16-7-15(28)8-23(29)33-16)5-18(24(21)38-2)25-32-13-36(35-25)17-3-4-17/h5-10,13,17H,3-4,11-12H2,1-2H3,(H2,29,33)(H,30,37)(H,31,34)/i1D3. The zero-order valence-electron chi connectivity index (χ0n) is 23.7. The molecule has 0 aliphatic heterocycles. The minimum absolute atomic E-state index is 0.0138. The molecule has 1 aliphatic carbocycles. The van der Waals surface area contributed by atoms with Crippen LogP contribution in [-0.2, 0) is 18.0 Å². The summed E-state index contributed by atoms with van der Waals surface area (Å²) in [4.78, 5) is 25.3. The Morgan fingerprint density at radius 2 is 2.08 bits per heavy atom. The highest BCUT2D eigenvalue weighted by Crippen LogP contribution is 2.40. The number of rotatable bonds is 10. The maximum absolute atomic E-state index is 13.7. The molecule has 4 aromatic rings. The van der Waals surface area contributed by atoms with Gasteiger partial charge in [-0.1, -0.05) is 11.6 Å². The van der Waals surface area contributed by atoms with Crippen molar-refractivity contribution >= 4 is 34.7 Å². The average Bonchev–Trinajstić information content (AvgIpc) is 3.63. The summed E-state index contributed by atoms with van der Waals surface area (Å²) >= 11 is 6.13. The first-order valence-corrected chi connectivity index (χ1v) is 12.2. The molecule has 1 amide bonds. The fourth-order valence-electron chi connectivity index (χ4n) is 4.01. The van der Waals surface area contributed by atoms with Crippen molar-refractivity contribution in [2.75, 3.05) is 25.1 Å². The SMILES string of the molecule is [2H]C([2H])([2H])NC(=O)c1cnc(Cl)cc1Nc1cc(COCc2cc(F)cc(N)n2)cc(-c2ncn(C3CC3)n2)c1OC. The van der Waals surface area contributed by atoms with Crippen LogP contribution in [0.5, 0.6) is 5.75 Å². The van der Waals surface area contributed by atoms with Gasteiger partial charge in [-0.15, -0.1) is 0 Å². The summed E-state index contributed by atoms with van der Waals surface area (Å²) in [6.45, 7) is -2.67. The monoisotopic (exact) mass is 555 g/mol. The van der Waals surface area contributed by atoms with Gasteiger partial charge < -0.3 is 25.8 Å². The Labute approximate surface area is 232 Å². The van der Waals surface area contributed by atoms with Gasteiger partial charge in [-0.3, -0.25) is 4.79 Å². The summed E-state index contributed by atoms with van der Waals surface area (Å²) < 4.78 is 49.3. The summed E-state index contributed by atoms with van der Waals surface area (Å²) in [7, 11) is 1.47. The largest absolute Gasteiger partial charge is 0.494 e. The first kappa shape index (κ1) is 22.7. The predicted molar refractivity (Wildman–Crippen MR) is 143 cm³/mol. The fraction of sp³-hybridized carbons (Fsp3) is 0.269. The van der Waals surface area contributed by atoms with E-state index in [9.17, 15) is 9.18 Å². The second kappa shape index (κ2) is 11.2. The van der Waals surface area contributed by atoms with Gasteiger partial charge in [-0.05, 0) is 42.7 Å². The van der Waals surface area contributed by atoms with Crippen LogP contribution in [0.15, 0.2) is 42.9 Å². The molecule has 13 heteroatoms. The van der Waals surface area contributed by atoms with Crippen LogP contribution in [0.1, 0.15) is 44.6 Å². The molecule has 4 N–H and O–H groups in total. The van der Waals surface area contributed by atoms with Crippen LogP contribution in [0.4, 0.5) is 21.6 Å². The minimum atomic E-state index is -2.72. The molecule has 1 saturated carbocycles. The van der Waals surface area contributed by atoms with Crippen molar-refractivity contribution in [1.82, 2.24) is 30.0 Å². The van der Waals surface area contributed by atoms with Crippen molar-refractivity contribution in [3.63, 3.8) is 0 Å². The number of carbonyl (C=O) groups excluding carboxylic acids is 1. The molecule has 0 bridgehead atoms. The van der Waals surface area contributed by atoms with E-state index >= 15 is 0 Å². The van der Waals surface area contributed by atoms with Crippen molar-refractivity contribution in [3.05, 3.63) is 70.6 Å². The number of amides is 1. The maximum Gasteiger partial charge on any atom is 0.254 e. The van der Waals surface area contributed by atoms with E-state index in [0.29, 0.717) is 40.1 Å². The summed E-state index contributed by atoms with van der Waals surface area (Å²) in [6, 6.07) is 7.54. The van der Waals surface area contributed by atoms with E-state index in [1.807, 2.05) is 5.32 Å². The van der Waals surface area contributed by atoms with Crippen molar-refractivity contribution < 1.29 is 22.8 Å². The first-order chi connectivity index (χ1) is 20.0. The lowest BCUT2D eigenvalue weighted by Crippen LogP contribution is -2.19. The van der Waals surface area contributed by atoms with Gasteiger partial charge in [0.15, 0.2) is 11.6 Å². The predicted octanol–water partition coefficient (Wildman–Crippen LogP) is 4.27.